The van der Waals surface area contributed by atoms with Gasteiger partial charge in [-0.05, 0) is 55.0 Å². The molecule has 186 valence electrons. The second-order valence-corrected chi connectivity index (χ2v) is 8.11. The van der Waals surface area contributed by atoms with E-state index in [1.807, 2.05) is 18.2 Å². The van der Waals surface area contributed by atoms with Gasteiger partial charge in [-0.15, -0.1) is 0 Å². The third-order valence-electron chi connectivity index (χ3n) is 5.46. The summed E-state index contributed by atoms with van der Waals surface area (Å²) < 4.78 is 47.7. The van der Waals surface area contributed by atoms with Gasteiger partial charge in [0.25, 0.3) is 5.91 Å². The Hall–Kier alpha value is -4.73. The number of ether oxygens (including phenoxy) is 1. The molecule has 0 aliphatic carbocycles. The molecule has 0 bridgehead atoms. The number of carbonyl (C=O) groups is 1. The Morgan fingerprint density at radius 3 is 2.49 bits per heavy atom. The normalized spacial score (nSPS) is 13.2. The summed E-state index contributed by atoms with van der Waals surface area (Å²) in [5.41, 5.74) is 0.203. The van der Waals surface area contributed by atoms with Gasteiger partial charge in [0.1, 0.15) is 23.0 Å². The Balaban J connectivity index is 1.34. The zero-order chi connectivity index (χ0) is 25.8. The number of benzene rings is 2. The summed E-state index contributed by atoms with van der Waals surface area (Å²) in [5.74, 6) is 0.838. The van der Waals surface area contributed by atoms with E-state index in [4.69, 9.17) is 4.74 Å². The number of hydrogen-bond acceptors (Lipinski definition) is 5. The number of alkyl halides is 3. The van der Waals surface area contributed by atoms with Crippen molar-refractivity contribution < 1.29 is 22.7 Å². The molecule has 1 aliphatic rings. The number of nitrogens with zero attached hydrogens (tertiary/aromatic N) is 4. The minimum Gasteiger partial charge on any atom is -0.457 e. The molecule has 3 heterocycles. The second kappa shape index (κ2) is 10.1. The predicted molar refractivity (Wildman–Crippen MR) is 133 cm³/mol. The molecule has 0 saturated carbocycles. The van der Waals surface area contributed by atoms with E-state index in [1.54, 1.807) is 42.5 Å². The van der Waals surface area contributed by atoms with Gasteiger partial charge in [0, 0.05) is 23.9 Å². The third kappa shape index (κ3) is 5.58. The molecule has 1 aliphatic heterocycles. The average molecular weight is 503 g/mol. The van der Waals surface area contributed by atoms with Gasteiger partial charge in [-0.2, -0.15) is 18.3 Å². The fourth-order valence-corrected chi connectivity index (χ4v) is 3.70. The summed E-state index contributed by atoms with van der Waals surface area (Å²) in [7, 11) is 0. The predicted octanol–water partition coefficient (Wildman–Crippen LogP) is 6.19. The van der Waals surface area contributed by atoms with E-state index in [0.29, 0.717) is 35.6 Å². The van der Waals surface area contributed by atoms with Crippen molar-refractivity contribution in [3.05, 3.63) is 102 Å². The van der Waals surface area contributed by atoms with Crippen LogP contribution in [0, 0.1) is 0 Å². The molecule has 2 aromatic carbocycles. The van der Waals surface area contributed by atoms with Gasteiger partial charge in [0.2, 0.25) is 0 Å². The summed E-state index contributed by atoms with van der Waals surface area (Å²) >= 11 is 0. The molecule has 0 atom stereocenters. The van der Waals surface area contributed by atoms with Crippen molar-refractivity contribution in [1.82, 2.24) is 14.8 Å². The number of aromatic nitrogens is 3. The van der Waals surface area contributed by atoms with Gasteiger partial charge in [0.05, 0.1) is 17.6 Å². The standard InChI is InChI=1S/C27H20F3N5O2/c28-27(29,30)24-15-23(19-7-5-13-31-16-19)34-35(24)20-11-12-25(32-17-20)33-26(36)18-6-4-10-22(14-18)37-21-8-2-1-3-9-21/h1-4,6-12,14-17H,5,13H2,(H,32,33,36). The summed E-state index contributed by atoms with van der Waals surface area (Å²) in [6.07, 6.45) is 0.554. The van der Waals surface area contributed by atoms with E-state index in [9.17, 15) is 18.0 Å². The van der Waals surface area contributed by atoms with Crippen LogP contribution in [0.1, 0.15) is 28.2 Å². The topological polar surface area (TPSA) is 81.4 Å². The first kappa shape index (κ1) is 24.0. The molecular formula is C27H20F3N5O2. The Labute approximate surface area is 210 Å². The lowest BCUT2D eigenvalue weighted by molar-refractivity contribution is -0.142. The van der Waals surface area contributed by atoms with Crippen molar-refractivity contribution in [3.63, 3.8) is 0 Å². The highest BCUT2D eigenvalue weighted by atomic mass is 19.4. The number of hydrogen-bond donors (Lipinski definition) is 1. The number of allylic oxidation sites excluding steroid dienone is 1. The lowest BCUT2D eigenvalue weighted by atomic mass is 10.1. The molecule has 0 saturated heterocycles. The van der Waals surface area contributed by atoms with Crippen molar-refractivity contribution in [2.24, 2.45) is 4.99 Å². The van der Waals surface area contributed by atoms with Crippen molar-refractivity contribution in [1.29, 1.82) is 0 Å². The molecule has 2 aromatic heterocycles. The Morgan fingerprint density at radius 2 is 1.78 bits per heavy atom. The zero-order valence-corrected chi connectivity index (χ0v) is 19.3. The summed E-state index contributed by atoms with van der Waals surface area (Å²) in [4.78, 5) is 21.0. The number of rotatable bonds is 6. The van der Waals surface area contributed by atoms with E-state index in [2.05, 4.69) is 20.4 Å². The highest BCUT2D eigenvalue weighted by Crippen LogP contribution is 2.33. The van der Waals surface area contributed by atoms with Crippen LogP contribution in [0.3, 0.4) is 0 Å². The lowest BCUT2D eigenvalue weighted by Gasteiger charge is -2.11. The maximum atomic E-state index is 13.7. The first-order chi connectivity index (χ1) is 17.9. The van der Waals surface area contributed by atoms with E-state index < -0.39 is 17.8 Å². The fourth-order valence-electron chi connectivity index (χ4n) is 3.70. The molecule has 0 fully saturated rings. The number of nitrogens with one attached hydrogen (secondary N) is 1. The zero-order valence-electron chi connectivity index (χ0n) is 19.3. The van der Waals surface area contributed by atoms with Crippen LogP contribution in [0.5, 0.6) is 11.5 Å². The number of aliphatic imine (C=N–C) groups is 1. The third-order valence-corrected chi connectivity index (χ3v) is 5.46. The SMILES string of the molecule is O=C(Nc1ccc(-n2nc(C3=CCCN=C3)cc2C(F)(F)F)cn1)c1cccc(Oc2ccccc2)c1. The molecule has 4 aromatic rings. The van der Waals surface area contributed by atoms with Gasteiger partial charge in [-0.1, -0.05) is 30.3 Å². The number of carbonyl (C=O) groups excluding carboxylic acids is 1. The first-order valence-electron chi connectivity index (χ1n) is 11.4. The molecule has 37 heavy (non-hydrogen) atoms. The summed E-state index contributed by atoms with van der Waals surface area (Å²) in [6, 6.07) is 19.6. The van der Waals surface area contributed by atoms with E-state index in [0.717, 1.165) is 10.7 Å². The highest BCUT2D eigenvalue weighted by molar-refractivity contribution is 6.09. The molecular weight excluding hydrogens is 483 g/mol. The maximum Gasteiger partial charge on any atom is 0.433 e. The number of pyridine rings is 1. The summed E-state index contributed by atoms with van der Waals surface area (Å²) in [6.45, 7) is 0.595. The minimum atomic E-state index is -4.63. The molecule has 7 nitrogen and oxygen atoms in total. The van der Waals surface area contributed by atoms with Crippen LogP contribution < -0.4 is 10.1 Å². The Kier molecular flexibility index (Phi) is 6.55. The van der Waals surface area contributed by atoms with Crippen LogP contribution in [-0.4, -0.2) is 33.4 Å². The van der Waals surface area contributed by atoms with Gasteiger partial charge >= 0.3 is 6.18 Å². The van der Waals surface area contributed by atoms with Crippen LogP contribution in [0.25, 0.3) is 11.3 Å². The van der Waals surface area contributed by atoms with Crippen molar-refractivity contribution >= 4 is 23.5 Å². The molecule has 0 unspecified atom stereocenters. The van der Waals surface area contributed by atoms with Gasteiger partial charge < -0.3 is 10.1 Å². The average Bonchev–Trinajstić information content (AvgIpc) is 3.37. The van der Waals surface area contributed by atoms with Crippen LogP contribution in [-0.2, 0) is 6.18 Å². The second-order valence-electron chi connectivity index (χ2n) is 8.11. The van der Waals surface area contributed by atoms with Crippen molar-refractivity contribution in [2.45, 2.75) is 12.6 Å². The molecule has 10 heteroatoms. The van der Waals surface area contributed by atoms with Gasteiger partial charge in [-0.25, -0.2) is 9.67 Å². The molecule has 1 N–H and O–H groups in total. The highest BCUT2D eigenvalue weighted by Gasteiger charge is 2.36. The molecule has 1 amide bonds. The minimum absolute atomic E-state index is 0.100. The van der Waals surface area contributed by atoms with Crippen LogP contribution in [0.4, 0.5) is 19.0 Å². The number of para-hydroxylation sites is 1. The monoisotopic (exact) mass is 503 g/mol. The maximum absolute atomic E-state index is 13.7. The van der Waals surface area contributed by atoms with Crippen LogP contribution in [0.2, 0.25) is 0 Å². The number of halogens is 3. The number of amides is 1. The van der Waals surface area contributed by atoms with E-state index in [1.165, 1.54) is 24.5 Å². The van der Waals surface area contributed by atoms with Gasteiger partial charge in [0.15, 0.2) is 0 Å². The Bertz CT molecular complexity index is 1480. The smallest absolute Gasteiger partial charge is 0.433 e. The molecule has 5 rings (SSSR count). The summed E-state index contributed by atoms with van der Waals surface area (Å²) in [5, 5.41) is 6.79. The van der Waals surface area contributed by atoms with Crippen molar-refractivity contribution in [3.8, 4) is 17.2 Å². The van der Waals surface area contributed by atoms with Gasteiger partial charge in [-0.3, -0.25) is 9.79 Å². The van der Waals surface area contributed by atoms with Crippen LogP contribution in [0.15, 0.2) is 90.1 Å². The quantitative estimate of drug-likeness (QED) is 0.340. The first-order valence-corrected chi connectivity index (χ1v) is 11.4. The lowest BCUT2D eigenvalue weighted by Crippen LogP contribution is -2.15. The number of anilines is 1. The number of dihydropyridines is 1. The Morgan fingerprint density at radius 1 is 0.973 bits per heavy atom. The fraction of sp³-hybridized carbons (Fsp3) is 0.111. The largest absolute Gasteiger partial charge is 0.457 e. The molecule has 0 spiro atoms. The van der Waals surface area contributed by atoms with Crippen LogP contribution >= 0.6 is 0 Å². The van der Waals surface area contributed by atoms with Crippen molar-refractivity contribution in [2.75, 3.05) is 11.9 Å². The molecule has 0 radical (unpaired) electrons. The van der Waals surface area contributed by atoms with E-state index >= 15 is 0 Å². The van der Waals surface area contributed by atoms with E-state index in [-0.39, 0.29) is 17.2 Å².